The summed E-state index contributed by atoms with van der Waals surface area (Å²) < 4.78 is 0. The van der Waals surface area contributed by atoms with Gasteiger partial charge in [-0.05, 0) is 38.5 Å². The fourth-order valence-electron chi connectivity index (χ4n) is 4.32. The number of fused-ring (bicyclic) bond motifs is 1. The quantitative estimate of drug-likeness (QED) is 0.809. The zero-order chi connectivity index (χ0) is 17.4. The van der Waals surface area contributed by atoms with E-state index >= 15 is 0 Å². The Morgan fingerprint density at radius 2 is 1.52 bits per heavy atom. The van der Waals surface area contributed by atoms with Crippen LogP contribution in [0.15, 0.2) is 0 Å². The third-order valence-electron chi connectivity index (χ3n) is 4.68. The van der Waals surface area contributed by atoms with Crippen molar-refractivity contribution in [2.45, 2.75) is 72.3 Å². The van der Waals surface area contributed by atoms with Gasteiger partial charge < -0.3 is 5.32 Å². The van der Waals surface area contributed by atoms with Crippen LogP contribution < -0.4 is 5.32 Å². The summed E-state index contributed by atoms with van der Waals surface area (Å²) in [6.45, 7) is 10.2. The van der Waals surface area contributed by atoms with Crippen LogP contribution in [0.3, 0.4) is 0 Å². The normalized spacial score (nSPS) is 25.5. The number of hydrogen-bond acceptors (Lipinski definition) is 3. The van der Waals surface area contributed by atoms with Crippen LogP contribution in [0.25, 0.3) is 0 Å². The fraction of sp³-hybridized carbons (Fsp3) is 0.833. The Labute approximate surface area is 139 Å². The summed E-state index contributed by atoms with van der Waals surface area (Å²) in [5, 5.41) is 2.98. The predicted molar refractivity (Wildman–Crippen MR) is 88.5 cm³/mol. The zero-order valence-corrected chi connectivity index (χ0v) is 15.1. The Morgan fingerprint density at radius 3 is 1.96 bits per heavy atom. The van der Waals surface area contributed by atoms with E-state index in [2.05, 4.69) is 26.1 Å². The molecule has 1 saturated heterocycles. The maximum absolute atomic E-state index is 12.4. The van der Waals surface area contributed by atoms with Gasteiger partial charge in [0.1, 0.15) is 6.54 Å². The van der Waals surface area contributed by atoms with Gasteiger partial charge in [0.25, 0.3) is 0 Å². The lowest BCUT2D eigenvalue weighted by Crippen LogP contribution is -2.50. The summed E-state index contributed by atoms with van der Waals surface area (Å²) in [6.07, 6.45) is 4.38. The van der Waals surface area contributed by atoms with Crippen molar-refractivity contribution in [3.8, 4) is 0 Å². The van der Waals surface area contributed by atoms with Crippen molar-refractivity contribution in [2.75, 3.05) is 6.54 Å². The second kappa shape index (κ2) is 6.25. The molecule has 1 heterocycles. The first-order valence-corrected chi connectivity index (χ1v) is 8.66. The van der Waals surface area contributed by atoms with Crippen LogP contribution >= 0.6 is 0 Å². The molecular formula is C18H30N2O3. The Kier molecular flexibility index (Phi) is 4.88. The number of likely N-dealkylation sites (tertiary alicyclic amines) is 1. The molecule has 0 radical (unpaired) electrons. The Bertz CT molecular complexity index is 481. The minimum atomic E-state index is -0.367. The molecule has 2 fully saturated rings. The molecule has 0 spiro atoms. The number of nitrogens with one attached hydrogen (secondary N) is 1. The van der Waals surface area contributed by atoms with Crippen LogP contribution in [-0.4, -0.2) is 34.7 Å². The van der Waals surface area contributed by atoms with Crippen molar-refractivity contribution in [3.05, 3.63) is 0 Å². The van der Waals surface area contributed by atoms with Gasteiger partial charge in [-0.2, -0.15) is 0 Å². The van der Waals surface area contributed by atoms with Gasteiger partial charge in [-0.15, -0.1) is 0 Å². The van der Waals surface area contributed by atoms with Crippen molar-refractivity contribution in [1.29, 1.82) is 0 Å². The smallest absolute Gasteiger partial charge is 0.240 e. The Morgan fingerprint density at radius 1 is 1.04 bits per heavy atom. The summed E-state index contributed by atoms with van der Waals surface area (Å²) >= 11 is 0. The second-order valence-electron chi connectivity index (χ2n) is 8.93. The maximum atomic E-state index is 12.4. The van der Waals surface area contributed by atoms with Crippen molar-refractivity contribution >= 4 is 17.7 Å². The number of imide groups is 1. The number of amides is 3. The summed E-state index contributed by atoms with van der Waals surface area (Å²) in [4.78, 5) is 38.3. The van der Waals surface area contributed by atoms with Gasteiger partial charge in [-0.1, -0.05) is 33.6 Å². The first-order valence-electron chi connectivity index (χ1n) is 8.66. The molecular weight excluding hydrogens is 292 g/mol. The summed E-state index contributed by atoms with van der Waals surface area (Å²) in [5.41, 5.74) is -0.279. The van der Waals surface area contributed by atoms with Crippen LogP contribution in [0, 0.1) is 17.3 Å². The van der Waals surface area contributed by atoms with Gasteiger partial charge in [0.2, 0.25) is 17.7 Å². The van der Waals surface area contributed by atoms with Gasteiger partial charge in [0.15, 0.2) is 0 Å². The van der Waals surface area contributed by atoms with Crippen molar-refractivity contribution < 1.29 is 14.4 Å². The predicted octanol–water partition coefficient (Wildman–Crippen LogP) is 2.49. The SMILES string of the molecule is CC(C)(C)CC(C)(C)NC(=O)CN1C(=O)C2CCCCC2C1=O. The first kappa shape index (κ1) is 18.0. The van der Waals surface area contributed by atoms with Gasteiger partial charge in [-0.25, -0.2) is 0 Å². The first-order chi connectivity index (χ1) is 10.5. The summed E-state index contributed by atoms with van der Waals surface area (Å²) in [7, 11) is 0. The van der Waals surface area contributed by atoms with Gasteiger partial charge in [0, 0.05) is 5.54 Å². The fourth-order valence-corrected chi connectivity index (χ4v) is 4.32. The lowest BCUT2D eigenvalue weighted by atomic mass is 9.81. The van der Waals surface area contributed by atoms with Crippen molar-refractivity contribution in [3.63, 3.8) is 0 Å². The second-order valence-corrected chi connectivity index (χ2v) is 8.93. The molecule has 5 nitrogen and oxygen atoms in total. The van der Waals surface area contributed by atoms with Gasteiger partial charge in [0.05, 0.1) is 11.8 Å². The van der Waals surface area contributed by atoms with E-state index in [1.54, 1.807) is 0 Å². The standard InChI is InChI=1S/C18H30N2O3/c1-17(2,3)11-18(4,5)19-14(21)10-20-15(22)12-8-6-7-9-13(12)16(20)23/h12-13H,6-11H2,1-5H3,(H,19,21). The van der Waals surface area contributed by atoms with Crippen LogP contribution in [0.2, 0.25) is 0 Å². The highest BCUT2D eigenvalue weighted by atomic mass is 16.2. The van der Waals surface area contributed by atoms with Crippen LogP contribution in [0.1, 0.15) is 66.7 Å². The molecule has 23 heavy (non-hydrogen) atoms. The third-order valence-corrected chi connectivity index (χ3v) is 4.68. The monoisotopic (exact) mass is 322 g/mol. The zero-order valence-electron chi connectivity index (χ0n) is 15.1. The highest BCUT2D eigenvalue weighted by molar-refractivity contribution is 6.07. The van der Waals surface area contributed by atoms with Crippen LogP contribution in [0.4, 0.5) is 0 Å². The van der Waals surface area contributed by atoms with Crippen molar-refractivity contribution in [2.24, 2.45) is 17.3 Å². The topological polar surface area (TPSA) is 66.5 Å². The van der Waals surface area contributed by atoms with Crippen molar-refractivity contribution in [1.82, 2.24) is 10.2 Å². The van der Waals surface area contributed by atoms with E-state index in [0.29, 0.717) is 0 Å². The maximum Gasteiger partial charge on any atom is 0.240 e. The molecule has 1 N–H and O–H groups in total. The Hall–Kier alpha value is -1.39. The summed E-state index contributed by atoms with van der Waals surface area (Å²) in [5.74, 6) is -0.926. The van der Waals surface area contributed by atoms with E-state index in [0.717, 1.165) is 32.1 Å². The molecule has 1 saturated carbocycles. The molecule has 2 atom stereocenters. The van der Waals surface area contributed by atoms with E-state index in [-0.39, 0.29) is 47.1 Å². The Balaban J connectivity index is 1.97. The molecule has 1 aliphatic carbocycles. The number of nitrogens with zero attached hydrogens (tertiary/aromatic N) is 1. The highest BCUT2D eigenvalue weighted by Crippen LogP contribution is 2.37. The van der Waals surface area contributed by atoms with E-state index in [4.69, 9.17) is 0 Å². The van der Waals surface area contributed by atoms with E-state index in [1.807, 2.05) is 13.8 Å². The molecule has 0 aromatic heterocycles. The molecule has 2 aliphatic rings. The molecule has 0 aromatic carbocycles. The molecule has 0 aromatic rings. The molecule has 130 valence electrons. The van der Waals surface area contributed by atoms with E-state index < -0.39 is 0 Å². The third kappa shape index (κ3) is 4.33. The minimum Gasteiger partial charge on any atom is -0.350 e. The average molecular weight is 322 g/mol. The average Bonchev–Trinajstić information content (AvgIpc) is 2.61. The number of hydrogen-bond donors (Lipinski definition) is 1. The molecule has 2 rings (SSSR count). The molecule has 5 heteroatoms. The largest absolute Gasteiger partial charge is 0.350 e. The number of rotatable bonds is 4. The number of carbonyl (C=O) groups excluding carboxylic acids is 3. The highest BCUT2D eigenvalue weighted by Gasteiger charge is 2.48. The summed E-state index contributed by atoms with van der Waals surface area (Å²) in [6, 6.07) is 0. The van der Waals surface area contributed by atoms with Gasteiger partial charge in [-0.3, -0.25) is 19.3 Å². The van der Waals surface area contributed by atoms with Gasteiger partial charge >= 0.3 is 0 Å². The lowest BCUT2D eigenvalue weighted by molar-refractivity contribution is -0.144. The number of carbonyl (C=O) groups is 3. The molecule has 0 bridgehead atoms. The van der Waals surface area contributed by atoms with Crippen LogP contribution in [-0.2, 0) is 14.4 Å². The lowest BCUT2D eigenvalue weighted by Gasteiger charge is -2.33. The molecule has 2 unspecified atom stereocenters. The van der Waals surface area contributed by atoms with E-state index in [9.17, 15) is 14.4 Å². The molecule has 3 amide bonds. The van der Waals surface area contributed by atoms with E-state index in [1.165, 1.54) is 4.90 Å². The van der Waals surface area contributed by atoms with Crippen LogP contribution in [0.5, 0.6) is 0 Å². The molecule has 1 aliphatic heterocycles. The minimum absolute atomic E-state index is 0.0883.